The molecule has 26 heavy (non-hydrogen) atoms. The minimum atomic E-state index is -0.646. The van der Waals surface area contributed by atoms with Crippen LogP contribution in [0.15, 0.2) is 47.1 Å². The Morgan fingerprint density at radius 1 is 1.08 bits per heavy atom. The average Bonchev–Trinajstić information content (AvgIpc) is 3.07. The predicted octanol–water partition coefficient (Wildman–Crippen LogP) is 2.13. The Morgan fingerprint density at radius 3 is 2.46 bits per heavy atom. The summed E-state index contributed by atoms with van der Waals surface area (Å²) < 4.78 is 10.8. The number of ether oxygens (including phenoxy) is 1. The topological polar surface area (TPSA) is 83.2 Å². The van der Waals surface area contributed by atoms with Crippen molar-refractivity contribution >= 4 is 11.8 Å². The molecule has 2 aromatic rings. The van der Waals surface area contributed by atoms with Gasteiger partial charge in [0, 0.05) is 26.2 Å². The molecule has 1 unspecified atom stereocenters. The Morgan fingerprint density at radius 2 is 1.77 bits per heavy atom. The summed E-state index contributed by atoms with van der Waals surface area (Å²) >= 11 is 0. The Balaban J connectivity index is 1.56. The summed E-state index contributed by atoms with van der Waals surface area (Å²) in [6, 6.07) is 9.58. The number of amides is 2. The van der Waals surface area contributed by atoms with Gasteiger partial charge in [0.15, 0.2) is 11.9 Å². The molecule has 2 heterocycles. The van der Waals surface area contributed by atoms with Gasteiger partial charge in [-0.25, -0.2) is 0 Å². The van der Waals surface area contributed by atoms with Crippen LogP contribution in [0.1, 0.15) is 23.9 Å². The van der Waals surface area contributed by atoms with E-state index in [0.717, 1.165) is 0 Å². The van der Waals surface area contributed by atoms with Crippen molar-refractivity contribution in [3.8, 4) is 11.5 Å². The van der Waals surface area contributed by atoms with Gasteiger partial charge in [-0.3, -0.25) is 9.59 Å². The predicted molar refractivity (Wildman–Crippen MR) is 94.0 cm³/mol. The molecule has 1 N–H and O–H groups in total. The maximum atomic E-state index is 12.7. The van der Waals surface area contributed by atoms with E-state index in [9.17, 15) is 14.7 Å². The lowest BCUT2D eigenvalue weighted by atomic mass is 10.3. The number of hydrogen-bond donors (Lipinski definition) is 1. The summed E-state index contributed by atoms with van der Waals surface area (Å²) in [5, 5.41) is 9.30. The molecule has 1 fully saturated rings. The number of carbonyl (C=O) groups excluding carboxylic acids is 2. The van der Waals surface area contributed by atoms with Crippen LogP contribution in [0.4, 0.5) is 0 Å². The molecule has 1 atom stereocenters. The summed E-state index contributed by atoms with van der Waals surface area (Å²) in [6.45, 7) is 3.76. The number of nitrogens with zero attached hydrogens (tertiary/aromatic N) is 2. The highest BCUT2D eigenvalue weighted by atomic mass is 16.5. The zero-order valence-electron chi connectivity index (χ0n) is 14.6. The largest absolute Gasteiger partial charge is 0.508 e. The van der Waals surface area contributed by atoms with Crippen LogP contribution in [0.5, 0.6) is 11.5 Å². The highest BCUT2D eigenvalue weighted by Crippen LogP contribution is 2.18. The molecule has 1 aromatic carbocycles. The molecule has 138 valence electrons. The van der Waals surface area contributed by atoms with E-state index in [2.05, 4.69) is 0 Å². The number of hydrogen-bond acceptors (Lipinski definition) is 5. The fourth-order valence-corrected chi connectivity index (χ4v) is 2.93. The minimum absolute atomic E-state index is 0.120. The van der Waals surface area contributed by atoms with E-state index in [4.69, 9.17) is 9.15 Å². The third kappa shape index (κ3) is 4.17. The first kappa shape index (κ1) is 17.8. The molecule has 0 aliphatic carbocycles. The second kappa shape index (κ2) is 7.95. The van der Waals surface area contributed by atoms with E-state index in [1.165, 1.54) is 18.4 Å². The number of aromatic hydroxyl groups is 1. The Bertz CT molecular complexity index is 742. The van der Waals surface area contributed by atoms with Crippen LogP contribution in [-0.2, 0) is 4.79 Å². The molecule has 1 saturated heterocycles. The van der Waals surface area contributed by atoms with E-state index >= 15 is 0 Å². The van der Waals surface area contributed by atoms with E-state index in [-0.39, 0.29) is 17.6 Å². The molecule has 0 bridgehead atoms. The van der Waals surface area contributed by atoms with E-state index in [1.54, 1.807) is 41.0 Å². The smallest absolute Gasteiger partial charge is 0.289 e. The quantitative estimate of drug-likeness (QED) is 0.905. The lowest BCUT2D eigenvalue weighted by Gasteiger charge is -2.25. The highest BCUT2D eigenvalue weighted by Gasteiger charge is 2.27. The molecule has 7 nitrogen and oxygen atoms in total. The van der Waals surface area contributed by atoms with Crippen molar-refractivity contribution in [3.63, 3.8) is 0 Å². The summed E-state index contributed by atoms with van der Waals surface area (Å²) in [5.74, 6) is 0.704. The van der Waals surface area contributed by atoms with Crippen molar-refractivity contribution in [2.75, 3.05) is 26.2 Å². The Labute approximate surface area is 151 Å². The van der Waals surface area contributed by atoms with Crippen molar-refractivity contribution in [2.24, 2.45) is 0 Å². The average molecular weight is 358 g/mol. The van der Waals surface area contributed by atoms with Crippen molar-refractivity contribution in [2.45, 2.75) is 19.4 Å². The van der Waals surface area contributed by atoms with Gasteiger partial charge in [-0.15, -0.1) is 0 Å². The number of furan rings is 1. The summed E-state index contributed by atoms with van der Waals surface area (Å²) in [5.41, 5.74) is 0. The van der Waals surface area contributed by atoms with Gasteiger partial charge in [-0.1, -0.05) is 0 Å². The normalized spacial score (nSPS) is 16.0. The fraction of sp³-hybridized carbons (Fsp3) is 0.368. The second-order valence-electron chi connectivity index (χ2n) is 6.20. The van der Waals surface area contributed by atoms with Crippen LogP contribution < -0.4 is 4.74 Å². The zero-order valence-corrected chi connectivity index (χ0v) is 14.6. The molecule has 0 spiro atoms. The number of phenolic OH excluding ortho intramolecular Hbond substituents is 1. The molecular weight excluding hydrogens is 336 g/mol. The number of benzene rings is 1. The second-order valence-corrected chi connectivity index (χ2v) is 6.20. The summed E-state index contributed by atoms with van der Waals surface area (Å²) in [7, 11) is 0. The zero-order chi connectivity index (χ0) is 18.5. The Kier molecular flexibility index (Phi) is 5.46. The van der Waals surface area contributed by atoms with Crippen LogP contribution in [0.2, 0.25) is 0 Å². The molecule has 0 saturated carbocycles. The molecule has 1 aromatic heterocycles. The van der Waals surface area contributed by atoms with Gasteiger partial charge in [0.05, 0.1) is 6.26 Å². The minimum Gasteiger partial charge on any atom is -0.508 e. The first-order valence-corrected chi connectivity index (χ1v) is 8.62. The molecule has 1 aliphatic rings. The van der Waals surface area contributed by atoms with E-state index in [1.807, 2.05) is 0 Å². The van der Waals surface area contributed by atoms with Gasteiger partial charge in [-0.2, -0.15) is 0 Å². The monoisotopic (exact) mass is 358 g/mol. The fourth-order valence-electron chi connectivity index (χ4n) is 2.93. The first-order valence-electron chi connectivity index (χ1n) is 8.62. The maximum Gasteiger partial charge on any atom is 0.289 e. The van der Waals surface area contributed by atoms with Crippen molar-refractivity contribution in [1.82, 2.24) is 9.80 Å². The lowest BCUT2D eigenvalue weighted by Crippen LogP contribution is -2.43. The van der Waals surface area contributed by atoms with Gasteiger partial charge in [0.2, 0.25) is 0 Å². The van der Waals surface area contributed by atoms with Crippen molar-refractivity contribution in [1.29, 1.82) is 0 Å². The van der Waals surface area contributed by atoms with E-state index < -0.39 is 6.10 Å². The third-order valence-electron chi connectivity index (χ3n) is 4.32. The molecule has 3 rings (SSSR count). The van der Waals surface area contributed by atoms with Crippen LogP contribution >= 0.6 is 0 Å². The Hall–Kier alpha value is -2.96. The number of carbonyl (C=O) groups is 2. The first-order chi connectivity index (χ1) is 12.5. The molecule has 7 heteroatoms. The van der Waals surface area contributed by atoms with Crippen LogP contribution in [0.3, 0.4) is 0 Å². The van der Waals surface area contributed by atoms with Crippen LogP contribution in [0.25, 0.3) is 0 Å². The standard InChI is InChI=1S/C19H22N2O5/c1-14(26-16-7-5-15(22)6-8-16)18(23)20-9-3-10-21(12-11-20)19(24)17-4-2-13-25-17/h2,4-8,13-14,22H,3,9-12H2,1H3. The number of rotatable bonds is 4. The van der Waals surface area contributed by atoms with Gasteiger partial charge in [0.25, 0.3) is 11.8 Å². The summed E-state index contributed by atoms with van der Waals surface area (Å²) in [6.07, 6.45) is 1.53. The van der Waals surface area contributed by atoms with Gasteiger partial charge in [0.1, 0.15) is 11.5 Å². The summed E-state index contributed by atoms with van der Waals surface area (Å²) in [4.78, 5) is 28.5. The molecular formula is C19H22N2O5. The molecule has 0 radical (unpaired) electrons. The number of phenols is 1. The van der Waals surface area contributed by atoms with Gasteiger partial charge in [-0.05, 0) is 49.7 Å². The van der Waals surface area contributed by atoms with Crippen LogP contribution in [0, 0.1) is 0 Å². The highest BCUT2D eigenvalue weighted by molar-refractivity contribution is 5.91. The van der Waals surface area contributed by atoms with Gasteiger partial charge < -0.3 is 24.1 Å². The molecule has 2 amide bonds. The third-order valence-corrected chi connectivity index (χ3v) is 4.32. The van der Waals surface area contributed by atoms with Crippen molar-refractivity contribution in [3.05, 3.63) is 48.4 Å². The van der Waals surface area contributed by atoms with Crippen molar-refractivity contribution < 1.29 is 23.8 Å². The van der Waals surface area contributed by atoms with Crippen LogP contribution in [-0.4, -0.2) is 59.0 Å². The molecule has 1 aliphatic heterocycles. The maximum absolute atomic E-state index is 12.7. The lowest BCUT2D eigenvalue weighted by molar-refractivity contribution is -0.137. The SMILES string of the molecule is CC(Oc1ccc(O)cc1)C(=O)N1CCCN(C(=O)c2ccco2)CC1. The van der Waals surface area contributed by atoms with Gasteiger partial charge >= 0.3 is 0 Å². The van der Waals surface area contributed by atoms with E-state index in [0.29, 0.717) is 44.1 Å².